The van der Waals surface area contributed by atoms with Gasteiger partial charge in [0.2, 0.25) is 5.91 Å². The van der Waals surface area contributed by atoms with Crippen LogP contribution < -0.4 is 11.1 Å². The van der Waals surface area contributed by atoms with Gasteiger partial charge in [0.1, 0.15) is 0 Å². The molecule has 116 valence electrons. The van der Waals surface area contributed by atoms with Gasteiger partial charge in [0.25, 0.3) is 0 Å². The van der Waals surface area contributed by atoms with Crippen LogP contribution >= 0.6 is 0 Å². The van der Waals surface area contributed by atoms with Crippen molar-refractivity contribution >= 4 is 11.6 Å². The second-order valence-electron chi connectivity index (χ2n) is 6.17. The molecule has 3 nitrogen and oxygen atoms in total. The van der Waals surface area contributed by atoms with Crippen LogP contribution in [0.4, 0.5) is 5.69 Å². The Bertz CT molecular complexity index is 441. The number of unbranched alkanes of at least 4 members (excludes halogenated alkanes) is 5. The van der Waals surface area contributed by atoms with Gasteiger partial charge in [-0.3, -0.25) is 4.79 Å². The summed E-state index contributed by atoms with van der Waals surface area (Å²) in [4.78, 5) is 12.1. The Labute approximate surface area is 128 Å². The molecule has 0 aromatic heterocycles. The Balaban J connectivity index is 1.59. The summed E-state index contributed by atoms with van der Waals surface area (Å²) >= 11 is 0. The van der Waals surface area contributed by atoms with E-state index < -0.39 is 0 Å². The Morgan fingerprint density at radius 1 is 1.14 bits per heavy atom. The molecular weight excluding hydrogens is 260 g/mol. The number of nitrogens with two attached hydrogens (primary N) is 1. The highest BCUT2D eigenvalue weighted by atomic mass is 16.2. The molecule has 2 rings (SSSR count). The number of hydrogen-bond donors (Lipinski definition) is 2. The molecule has 1 aliphatic carbocycles. The van der Waals surface area contributed by atoms with Crippen molar-refractivity contribution in [1.82, 2.24) is 5.32 Å². The molecule has 0 heterocycles. The Hall–Kier alpha value is -1.51. The zero-order valence-corrected chi connectivity index (χ0v) is 13.1. The van der Waals surface area contributed by atoms with Crippen LogP contribution in [-0.4, -0.2) is 12.5 Å². The van der Waals surface area contributed by atoms with Gasteiger partial charge in [-0.25, -0.2) is 0 Å². The lowest BCUT2D eigenvalue weighted by molar-refractivity contribution is -0.122. The minimum absolute atomic E-state index is 0.175. The standard InChI is InChI=1S/C18H28N2O/c1-2-3-4-5-6-7-12-20-18(21)17-13-16(17)14-8-10-15(19)11-9-14/h8-11,16-17H,2-7,12-13,19H2,1H3,(H,20,21). The molecule has 0 spiro atoms. The lowest BCUT2D eigenvalue weighted by Gasteiger charge is -2.05. The van der Waals surface area contributed by atoms with Crippen LogP contribution in [0.3, 0.4) is 0 Å². The third-order valence-electron chi connectivity index (χ3n) is 4.32. The molecule has 1 amide bonds. The van der Waals surface area contributed by atoms with Crippen LogP contribution in [-0.2, 0) is 4.79 Å². The largest absolute Gasteiger partial charge is 0.399 e. The third-order valence-corrected chi connectivity index (χ3v) is 4.32. The molecule has 2 unspecified atom stereocenters. The van der Waals surface area contributed by atoms with E-state index in [1.807, 2.05) is 24.3 Å². The van der Waals surface area contributed by atoms with Crippen molar-refractivity contribution in [2.45, 2.75) is 57.8 Å². The molecule has 0 saturated heterocycles. The highest BCUT2D eigenvalue weighted by Gasteiger charge is 2.43. The van der Waals surface area contributed by atoms with Crippen LogP contribution in [0.2, 0.25) is 0 Å². The van der Waals surface area contributed by atoms with Gasteiger partial charge in [-0.1, -0.05) is 51.2 Å². The van der Waals surface area contributed by atoms with Crippen molar-refractivity contribution in [3.63, 3.8) is 0 Å². The number of carbonyl (C=O) groups excluding carboxylic acids is 1. The quantitative estimate of drug-likeness (QED) is 0.535. The lowest BCUT2D eigenvalue weighted by Crippen LogP contribution is -2.26. The van der Waals surface area contributed by atoms with E-state index in [2.05, 4.69) is 12.2 Å². The minimum atomic E-state index is 0.175. The summed E-state index contributed by atoms with van der Waals surface area (Å²) in [6, 6.07) is 7.92. The number of carbonyl (C=O) groups is 1. The second-order valence-corrected chi connectivity index (χ2v) is 6.17. The van der Waals surface area contributed by atoms with E-state index in [0.717, 1.165) is 25.1 Å². The fraction of sp³-hybridized carbons (Fsp3) is 0.611. The zero-order valence-electron chi connectivity index (χ0n) is 13.1. The summed E-state index contributed by atoms with van der Waals surface area (Å²) in [6.45, 7) is 3.06. The predicted octanol–water partition coefficient (Wildman–Crippen LogP) is 3.85. The summed E-state index contributed by atoms with van der Waals surface area (Å²) in [5, 5.41) is 3.08. The fourth-order valence-electron chi connectivity index (χ4n) is 2.84. The number of rotatable bonds is 9. The van der Waals surface area contributed by atoms with E-state index in [4.69, 9.17) is 5.73 Å². The third kappa shape index (κ3) is 5.07. The van der Waals surface area contributed by atoms with Crippen LogP contribution in [0.5, 0.6) is 0 Å². The normalized spacial score (nSPS) is 20.2. The first-order valence-electron chi connectivity index (χ1n) is 8.35. The minimum Gasteiger partial charge on any atom is -0.399 e. The molecule has 0 aliphatic heterocycles. The average molecular weight is 288 g/mol. The molecule has 21 heavy (non-hydrogen) atoms. The van der Waals surface area contributed by atoms with E-state index in [-0.39, 0.29) is 11.8 Å². The molecule has 1 saturated carbocycles. The molecule has 1 fully saturated rings. The van der Waals surface area contributed by atoms with E-state index in [1.165, 1.54) is 37.7 Å². The van der Waals surface area contributed by atoms with Crippen molar-refractivity contribution in [2.75, 3.05) is 12.3 Å². The molecule has 1 aromatic rings. The van der Waals surface area contributed by atoms with E-state index in [0.29, 0.717) is 5.92 Å². The number of nitrogens with one attached hydrogen (secondary N) is 1. The van der Waals surface area contributed by atoms with Gasteiger partial charge in [-0.2, -0.15) is 0 Å². The summed E-state index contributed by atoms with van der Waals surface area (Å²) in [5.74, 6) is 0.800. The molecule has 3 N–H and O–H groups in total. The van der Waals surface area contributed by atoms with Gasteiger partial charge >= 0.3 is 0 Å². The number of benzene rings is 1. The first-order valence-corrected chi connectivity index (χ1v) is 8.35. The molecule has 2 atom stereocenters. The first kappa shape index (κ1) is 15.9. The van der Waals surface area contributed by atoms with Crippen LogP contribution in [0.25, 0.3) is 0 Å². The number of hydrogen-bond acceptors (Lipinski definition) is 2. The molecule has 1 aromatic carbocycles. The van der Waals surface area contributed by atoms with Crippen molar-refractivity contribution in [1.29, 1.82) is 0 Å². The first-order chi connectivity index (χ1) is 10.2. The van der Waals surface area contributed by atoms with Crippen LogP contribution in [0.15, 0.2) is 24.3 Å². The van der Waals surface area contributed by atoms with E-state index in [1.54, 1.807) is 0 Å². The maximum Gasteiger partial charge on any atom is 0.223 e. The topological polar surface area (TPSA) is 55.1 Å². The van der Waals surface area contributed by atoms with Gasteiger partial charge in [0.15, 0.2) is 0 Å². The Morgan fingerprint density at radius 2 is 1.81 bits per heavy atom. The summed E-state index contributed by atoms with van der Waals surface area (Å²) < 4.78 is 0. The van der Waals surface area contributed by atoms with E-state index >= 15 is 0 Å². The molecule has 0 bridgehead atoms. The van der Waals surface area contributed by atoms with Crippen LogP contribution in [0.1, 0.15) is 63.4 Å². The highest BCUT2D eigenvalue weighted by Crippen LogP contribution is 2.47. The molecular formula is C18H28N2O. The summed E-state index contributed by atoms with van der Waals surface area (Å²) in [6.07, 6.45) is 8.55. The smallest absolute Gasteiger partial charge is 0.223 e. The van der Waals surface area contributed by atoms with E-state index in [9.17, 15) is 4.79 Å². The molecule has 0 radical (unpaired) electrons. The SMILES string of the molecule is CCCCCCCCNC(=O)C1CC1c1ccc(N)cc1. The average Bonchev–Trinajstić information content (AvgIpc) is 3.27. The van der Waals surface area contributed by atoms with Gasteiger partial charge < -0.3 is 11.1 Å². The van der Waals surface area contributed by atoms with Gasteiger partial charge in [0.05, 0.1) is 0 Å². The fourth-order valence-corrected chi connectivity index (χ4v) is 2.84. The maximum absolute atomic E-state index is 12.1. The van der Waals surface area contributed by atoms with Crippen molar-refractivity contribution in [3.8, 4) is 0 Å². The van der Waals surface area contributed by atoms with Gasteiger partial charge in [0, 0.05) is 18.2 Å². The maximum atomic E-state index is 12.1. The number of amides is 1. The van der Waals surface area contributed by atoms with Crippen molar-refractivity contribution < 1.29 is 4.79 Å². The lowest BCUT2D eigenvalue weighted by atomic mass is 10.1. The van der Waals surface area contributed by atoms with Crippen LogP contribution in [0, 0.1) is 5.92 Å². The molecule has 3 heteroatoms. The Morgan fingerprint density at radius 3 is 2.52 bits per heavy atom. The highest BCUT2D eigenvalue weighted by molar-refractivity contribution is 5.82. The second kappa shape index (κ2) is 8.06. The number of nitrogen functional groups attached to an aromatic ring is 1. The van der Waals surface area contributed by atoms with Crippen molar-refractivity contribution in [2.24, 2.45) is 5.92 Å². The van der Waals surface area contributed by atoms with Gasteiger partial charge in [-0.15, -0.1) is 0 Å². The summed E-state index contributed by atoms with van der Waals surface area (Å²) in [5.41, 5.74) is 7.71. The molecule has 1 aliphatic rings. The predicted molar refractivity (Wildman–Crippen MR) is 88.1 cm³/mol. The van der Waals surface area contributed by atoms with Gasteiger partial charge in [-0.05, 0) is 36.5 Å². The van der Waals surface area contributed by atoms with Crippen molar-refractivity contribution in [3.05, 3.63) is 29.8 Å². The Kier molecular flexibility index (Phi) is 6.09. The summed E-state index contributed by atoms with van der Waals surface area (Å²) in [7, 11) is 0. The number of anilines is 1. The monoisotopic (exact) mass is 288 g/mol. The zero-order chi connectivity index (χ0) is 15.1.